The fraction of sp³-hybridized carbons (Fsp3) is 0.200. The highest BCUT2D eigenvalue weighted by Crippen LogP contribution is 2.21. The van der Waals surface area contributed by atoms with E-state index in [1.165, 1.54) is 0 Å². The van der Waals surface area contributed by atoms with Gasteiger partial charge >= 0.3 is 11.9 Å². The predicted octanol–water partition coefficient (Wildman–Crippen LogP) is 5.71. The molecule has 0 heterocycles. The van der Waals surface area contributed by atoms with Crippen LogP contribution in [-0.2, 0) is 0 Å². The van der Waals surface area contributed by atoms with E-state index in [-0.39, 0.29) is 0 Å². The summed E-state index contributed by atoms with van der Waals surface area (Å²) >= 11 is 0. The second-order valence-electron chi connectivity index (χ2n) is 7.61. The van der Waals surface area contributed by atoms with Crippen LogP contribution in [0.4, 0.5) is 0 Å². The number of hydrogen-bond donors (Lipinski definition) is 0. The van der Waals surface area contributed by atoms with Crippen LogP contribution in [0.3, 0.4) is 0 Å². The first-order valence-electron chi connectivity index (χ1n) is 11.5. The monoisotopic (exact) mass is 482 g/mol. The van der Waals surface area contributed by atoms with E-state index in [1.54, 1.807) is 72.8 Å². The fourth-order valence-corrected chi connectivity index (χ4v) is 3.01. The van der Waals surface area contributed by atoms with E-state index < -0.39 is 11.9 Å². The first kappa shape index (κ1) is 25.9. The smallest absolute Gasteiger partial charge is 0.343 e. The third kappa shape index (κ3) is 8.27. The maximum atomic E-state index is 12.4. The molecule has 3 aromatic rings. The second-order valence-corrected chi connectivity index (χ2v) is 7.61. The number of rotatable bonds is 12. The lowest BCUT2D eigenvalue weighted by Crippen LogP contribution is -2.09. The molecule has 3 rings (SSSR count). The van der Waals surface area contributed by atoms with Gasteiger partial charge in [0.1, 0.15) is 23.0 Å². The van der Waals surface area contributed by atoms with E-state index in [0.717, 1.165) is 12.8 Å². The van der Waals surface area contributed by atoms with Gasteiger partial charge in [0, 0.05) is 12.8 Å². The van der Waals surface area contributed by atoms with Crippen molar-refractivity contribution in [2.75, 3.05) is 13.2 Å². The zero-order chi connectivity index (χ0) is 25.6. The molecule has 3 aromatic carbocycles. The SMILES string of the molecule is C#CCCCOc1ccc(C(=O)Oc2ccc(OC(=O)c3ccc(OCCCC#C)cc3)cc2)cc1. The van der Waals surface area contributed by atoms with Crippen molar-refractivity contribution in [1.82, 2.24) is 0 Å². The van der Waals surface area contributed by atoms with E-state index in [1.807, 2.05) is 0 Å². The van der Waals surface area contributed by atoms with Gasteiger partial charge in [-0.1, -0.05) is 0 Å². The summed E-state index contributed by atoms with van der Waals surface area (Å²) in [5, 5.41) is 0. The highest BCUT2D eigenvalue weighted by Gasteiger charge is 2.11. The molecule has 0 fully saturated rings. The Balaban J connectivity index is 1.48. The van der Waals surface area contributed by atoms with E-state index in [0.29, 0.717) is 60.2 Å². The molecule has 0 bridgehead atoms. The van der Waals surface area contributed by atoms with Gasteiger partial charge in [-0.05, 0) is 85.6 Å². The van der Waals surface area contributed by atoms with Crippen molar-refractivity contribution in [3.63, 3.8) is 0 Å². The van der Waals surface area contributed by atoms with Crippen molar-refractivity contribution in [1.29, 1.82) is 0 Å². The van der Waals surface area contributed by atoms with Crippen LogP contribution in [0, 0.1) is 24.7 Å². The van der Waals surface area contributed by atoms with Crippen LogP contribution in [0.2, 0.25) is 0 Å². The van der Waals surface area contributed by atoms with Crippen LogP contribution >= 0.6 is 0 Å². The number of terminal acetylenes is 2. The molecule has 0 saturated heterocycles. The minimum atomic E-state index is -0.514. The topological polar surface area (TPSA) is 71.1 Å². The van der Waals surface area contributed by atoms with Crippen LogP contribution in [0.1, 0.15) is 46.4 Å². The van der Waals surface area contributed by atoms with Gasteiger partial charge in [-0.2, -0.15) is 0 Å². The van der Waals surface area contributed by atoms with Gasteiger partial charge in [-0.25, -0.2) is 9.59 Å². The van der Waals surface area contributed by atoms with Crippen LogP contribution < -0.4 is 18.9 Å². The highest BCUT2D eigenvalue weighted by molar-refractivity contribution is 5.92. The number of ether oxygens (including phenoxy) is 4. The van der Waals surface area contributed by atoms with E-state index in [4.69, 9.17) is 31.8 Å². The minimum absolute atomic E-state index is 0.320. The maximum absolute atomic E-state index is 12.4. The average Bonchev–Trinajstić information content (AvgIpc) is 2.91. The van der Waals surface area contributed by atoms with Crippen molar-refractivity contribution in [3.05, 3.63) is 83.9 Å². The lowest BCUT2D eigenvalue weighted by molar-refractivity contribution is 0.0719. The molecule has 36 heavy (non-hydrogen) atoms. The van der Waals surface area contributed by atoms with Crippen molar-refractivity contribution < 1.29 is 28.5 Å². The number of carbonyl (C=O) groups is 2. The molecule has 0 spiro atoms. The summed E-state index contributed by atoms with van der Waals surface area (Å²) in [6, 6.07) is 19.5. The molecule has 0 radical (unpaired) electrons. The summed E-state index contributed by atoms with van der Waals surface area (Å²) in [6.07, 6.45) is 13.3. The molecule has 6 heteroatoms. The normalized spacial score (nSPS) is 9.94. The van der Waals surface area contributed by atoms with Gasteiger partial charge in [0.15, 0.2) is 0 Å². The lowest BCUT2D eigenvalue weighted by atomic mass is 10.2. The predicted molar refractivity (Wildman–Crippen MR) is 136 cm³/mol. The van der Waals surface area contributed by atoms with Crippen molar-refractivity contribution >= 4 is 11.9 Å². The number of hydrogen-bond acceptors (Lipinski definition) is 6. The summed E-state index contributed by atoms with van der Waals surface area (Å²) in [5.74, 6) is 6.03. The van der Waals surface area contributed by atoms with Gasteiger partial charge < -0.3 is 18.9 Å². The Morgan fingerprint density at radius 1 is 0.556 bits per heavy atom. The van der Waals surface area contributed by atoms with Crippen LogP contribution in [0.5, 0.6) is 23.0 Å². The average molecular weight is 483 g/mol. The third-order valence-corrected chi connectivity index (χ3v) is 4.89. The van der Waals surface area contributed by atoms with Crippen LogP contribution in [0.15, 0.2) is 72.8 Å². The quantitative estimate of drug-likeness (QED) is 0.143. The molecule has 182 valence electrons. The Morgan fingerprint density at radius 2 is 0.889 bits per heavy atom. The molecule has 0 aromatic heterocycles. The minimum Gasteiger partial charge on any atom is -0.494 e. The lowest BCUT2D eigenvalue weighted by Gasteiger charge is -2.09. The Morgan fingerprint density at radius 3 is 1.22 bits per heavy atom. The molecular weight excluding hydrogens is 456 g/mol. The zero-order valence-electron chi connectivity index (χ0n) is 19.8. The summed E-state index contributed by atoms with van der Waals surface area (Å²) in [4.78, 5) is 24.8. The number of esters is 2. The van der Waals surface area contributed by atoms with Crippen molar-refractivity contribution in [2.24, 2.45) is 0 Å². The standard InChI is InChI=1S/C30H26O6/c1-3-5-7-21-33-25-13-9-23(10-14-25)29(31)35-27-17-19-28(20-18-27)36-30(32)24-11-15-26(16-12-24)34-22-8-6-4-2/h1-2,9-20H,5-8,21-22H2. The van der Waals surface area contributed by atoms with Crippen molar-refractivity contribution in [3.8, 4) is 47.7 Å². The Labute approximate surface area is 211 Å². The number of carbonyl (C=O) groups excluding carboxylic acids is 2. The Bertz CT molecular complexity index is 1110. The summed E-state index contributed by atoms with van der Waals surface area (Å²) in [7, 11) is 0. The Hall–Kier alpha value is -4.68. The zero-order valence-corrected chi connectivity index (χ0v) is 19.8. The van der Waals surface area contributed by atoms with E-state index in [2.05, 4.69) is 11.8 Å². The first-order chi connectivity index (χ1) is 17.6. The molecule has 0 aliphatic heterocycles. The highest BCUT2D eigenvalue weighted by atomic mass is 16.5. The number of benzene rings is 3. The van der Waals surface area contributed by atoms with Crippen LogP contribution in [-0.4, -0.2) is 25.2 Å². The molecule has 0 N–H and O–H groups in total. The summed E-state index contributed by atoms with van der Waals surface area (Å²) in [5.41, 5.74) is 0.759. The van der Waals surface area contributed by atoms with E-state index in [9.17, 15) is 9.59 Å². The van der Waals surface area contributed by atoms with Gasteiger partial charge in [0.25, 0.3) is 0 Å². The molecule has 0 amide bonds. The summed E-state index contributed by atoms with van der Waals surface area (Å²) in [6.45, 7) is 1.02. The third-order valence-electron chi connectivity index (χ3n) is 4.89. The molecular formula is C30H26O6. The molecule has 0 unspecified atom stereocenters. The maximum Gasteiger partial charge on any atom is 0.343 e. The van der Waals surface area contributed by atoms with Gasteiger partial charge in [0.05, 0.1) is 24.3 Å². The van der Waals surface area contributed by atoms with Crippen LogP contribution in [0.25, 0.3) is 0 Å². The molecule has 6 nitrogen and oxygen atoms in total. The fourth-order valence-electron chi connectivity index (χ4n) is 3.01. The molecule has 0 atom stereocenters. The van der Waals surface area contributed by atoms with Gasteiger partial charge in [0.2, 0.25) is 0 Å². The van der Waals surface area contributed by atoms with Gasteiger partial charge in [-0.3, -0.25) is 0 Å². The molecule has 0 aliphatic rings. The second kappa shape index (κ2) is 13.9. The van der Waals surface area contributed by atoms with E-state index >= 15 is 0 Å². The van der Waals surface area contributed by atoms with Gasteiger partial charge in [-0.15, -0.1) is 24.7 Å². The molecule has 0 saturated carbocycles. The number of unbranched alkanes of at least 4 members (excludes halogenated alkanes) is 2. The first-order valence-corrected chi connectivity index (χ1v) is 11.5. The summed E-state index contributed by atoms with van der Waals surface area (Å²) < 4.78 is 21.9. The largest absolute Gasteiger partial charge is 0.494 e. The molecule has 0 aliphatic carbocycles. The Kier molecular flexibility index (Phi) is 10.0. The van der Waals surface area contributed by atoms with Crippen molar-refractivity contribution in [2.45, 2.75) is 25.7 Å².